The lowest BCUT2D eigenvalue weighted by Gasteiger charge is -2.16. The van der Waals surface area contributed by atoms with Gasteiger partial charge in [-0.2, -0.15) is 0 Å². The Morgan fingerprint density at radius 3 is 2.65 bits per heavy atom. The quantitative estimate of drug-likeness (QED) is 0.385. The number of hydrogen-bond donors (Lipinski definition) is 1. The fourth-order valence-electron chi connectivity index (χ4n) is 3.41. The van der Waals surface area contributed by atoms with E-state index in [9.17, 15) is 4.79 Å². The first-order valence-corrected chi connectivity index (χ1v) is 11.5. The summed E-state index contributed by atoms with van der Waals surface area (Å²) in [6.07, 6.45) is 0.914. The van der Waals surface area contributed by atoms with Crippen molar-refractivity contribution in [3.63, 3.8) is 0 Å². The lowest BCUT2D eigenvalue weighted by molar-refractivity contribution is -0.118. The van der Waals surface area contributed by atoms with Gasteiger partial charge in [0, 0.05) is 13.1 Å². The van der Waals surface area contributed by atoms with Gasteiger partial charge in [0.25, 0.3) is 0 Å². The molecule has 0 saturated heterocycles. The summed E-state index contributed by atoms with van der Waals surface area (Å²) in [6, 6.07) is 16.7. The van der Waals surface area contributed by atoms with Gasteiger partial charge in [0.05, 0.1) is 11.4 Å². The van der Waals surface area contributed by atoms with Crippen LogP contribution in [-0.4, -0.2) is 51.5 Å². The molecule has 1 N–H and O–H groups in total. The van der Waals surface area contributed by atoms with Gasteiger partial charge in [0.1, 0.15) is 5.82 Å². The predicted molar refractivity (Wildman–Crippen MR) is 127 cm³/mol. The average Bonchev–Trinajstić information content (AvgIpc) is 3.12. The molecule has 31 heavy (non-hydrogen) atoms. The zero-order valence-electron chi connectivity index (χ0n) is 18.8. The molecule has 0 unspecified atom stereocenters. The zero-order valence-corrected chi connectivity index (χ0v) is 19.6. The summed E-state index contributed by atoms with van der Waals surface area (Å²) in [5.74, 6) is 1.16. The molecule has 0 fully saturated rings. The van der Waals surface area contributed by atoms with Crippen molar-refractivity contribution >= 4 is 17.7 Å². The molecule has 0 aliphatic rings. The van der Waals surface area contributed by atoms with Crippen LogP contribution in [0.15, 0.2) is 53.7 Å². The van der Waals surface area contributed by atoms with Gasteiger partial charge in [-0.1, -0.05) is 54.2 Å². The molecule has 1 aromatic heterocycles. The van der Waals surface area contributed by atoms with Crippen LogP contribution < -0.4 is 5.32 Å². The Morgan fingerprint density at radius 1 is 1.10 bits per heavy atom. The Hall–Kier alpha value is -2.64. The van der Waals surface area contributed by atoms with Crippen molar-refractivity contribution in [3.05, 3.63) is 71.0 Å². The van der Waals surface area contributed by atoms with Crippen LogP contribution in [0.25, 0.3) is 5.69 Å². The molecule has 2 aromatic carbocycles. The van der Waals surface area contributed by atoms with Crippen molar-refractivity contribution in [2.24, 2.45) is 0 Å². The number of hydrogen-bond acceptors (Lipinski definition) is 5. The first-order chi connectivity index (χ1) is 14.9. The van der Waals surface area contributed by atoms with Crippen LogP contribution in [0.2, 0.25) is 0 Å². The van der Waals surface area contributed by atoms with Crippen LogP contribution in [0.4, 0.5) is 0 Å². The highest BCUT2D eigenvalue weighted by Crippen LogP contribution is 2.24. The smallest absolute Gasteiger partial charge is 0.230 e. The predicted octanol–water partition coefficient (Wildman–Crippen LogP) is 3.92. The van der Waals surface area contributed by atoms with Gasteiger partial charge >= 0.3 is 0 Å². The van der Waals surface area contributed by atoms with Crippen molar-refractivity contribution in [3.8, 4) is 5.69 Å². The maximum absolute atomic E-state index is 12.3. The van der Waals surface area contributed by atoms with Gasteiger partial charge in [-0.25, -0.2) is 0 Å². The summed E-state index contributed by atoms with van der Waals surface area (Å²) in [5.41, 5.74) is 4.69. The Labute approximate surface area is 189 Å². The number of nitrogens with one attached hydrogen (secondary N) is 1. The molecule has 3 rings (SSSR count). The molecular weight excluding hydrogens is 406 g/mol. The normalized spacial score (nSPS) is 11.1. The van der Waals surface area contributed by atoms with E-state index in [2.05, 4.69) is 83.8 Å². The Balaban J connectivity index is 1.45. The molecule has 0 saturated carbocycles. The summed E-state index contributed by atoms with van der Waals surface area (Å²) < 4.78 is 2.03. The van der Waals surface area contributed by atoms with E-state index in [1.165, 1.54) is 22.9 Å². The lowest BCUT2D eigenvalue weighted by Crippen LogP contribution is -2.29. The van der Waals surface area contributed by atoms with E-state index < -0.39 is 0 Å². The van der Waals surface area contributed by atoms with Gasteiger partial charge < -0.3 is 10.2 Å². The largest absolute Gasteiger partial charge is 0.355 e. The number of benzene rings is 2. The maximum Gasteiger partial charge on any atom is 0.230 e. The fourth-order valence-corrected chi connectivity index (χ4v) is 4.23. The molecule has 0 aliphatic heterocycles. The van der Waals surface area contributed by atoms with Crippen LogP contribution in [-0.2, 0) is 11.3 Å². The fraction of sp³-hybridized carbons (Fsp3) is 0.375. The number of rotatable bonds is 10. The molecule has 6 nitrogen and oxygen atoms in total. The standard InChI is InChI=1S/C24H31N5OS/c1-18-11-12-19(2)22(15-18)29-20(3)26-27-24(29)31-17-23(30)25-13-8-14-28(4)16-21-9-6-5-7-10-21/h5-7,9-12,15H,8,13-14,16-17H2,1-4H3,(H,25,30). The second-order valence-electron chi connectivity index (χ2n) is 7.87. The average molecular weight is 438 g/mol. The summed E-state index contributed by atoms with van der Waals surface area (Å²) in [4.78, 5) is 14.6. The summed E-state index contributed by atoms with van der Waals surface area (Å²) in [7, 11) is 2.10. The molecule has 0 aliphatic carbocycles. The second kappa shape index (κ2) is 11.1. The highest BCUT2D eigenvalue weighted by atomic mass is 32.2. The lowest BCUT2D eigenvalue weighted by atomic mass is 10.1. The van der Waals surface area contributed by atoms with Crippen LogP contribution in [0.1, 0.15) is 28.9 Å². The number of nitrogens with zero attached hydrogens (tertiary/aromatic N) is 4. The molecule has 7 heteroatoms. The number of carbonyl (C=O) groups excluding carboxylic acids is 1. The Kier molecular flexibility index (Phi) is 8.26. The third-order valence-electron chi connectivity index (χ3n) is 5.07. The second-order valence-corrected chi connectivity index (χ2v) is 8.81. The van der Waals surface area contributed by atoms with Gasteiger partial charge in [-0.15, -0.1) is 10.2 Å². The molecule has 0 radical (unpaired) electrons. The maximum atomic E-state index is 12.3. The molecule has 0 atom stereocenters. The number of aryl methyl sites for hydroxylation is 3. The van der Waals surface area contributed by atoms with Crippen LogP contribution in [0, 0.1) is 20.8 Å². The highest BCUT2D eigenvalue weighted by molar-refractivity contribution is 7.99. The summed E-state index contributed by atoms with van der Waals surface area (Å²) in [6.45, 7) is 8.59. The van der Waals surface area contributed by atoms with Crippen LogP contribution >= 0.6 is 11.8 Å². The van der Waals surface area contributed by atoms with Gasteiger partial charge in [-0.3, -0.25) is 9.36 Å². The molecule has 3 aromatic rings. The molecule has 1 amide bonds. The topological polar surface area (TPSA) is 63.1 Å². The molecular formula is C24H31N5OS. The zero-order chi connectivity index (χ0) is 22.2. The first kappa shape index (κ1) is 23.0. The minimum atomic E-state index is 0.0175. The minimum Gasteiger partial charge on any atom is -0.355 e. The molecule has 164 valence electrons. The Morgan fingerprint density at radius 2 is 1.87 bits per heavy atom. The summed E-state index contributed by atoms with van der Waals surface area (Å²) in [5, 5.41) is 12.3. The number of thioether (sulfide) groups is 1. The molecule has 0 bridgehead atoms. The molecule has 0 spiro atoms. The Bertz CT molecular complexity index is 1000. The van der Waals surface area contributed by atoms with Gasteiger partial charge in [0.15, 0.2) is 5.16 Å². The minimum absolute atomic E-state index is 0.0175. The van der Waals surface area contributed by atoms with Crippen LogP contribution in [0.3, 0.4) is 0 Å². The van der Waals surface area contributed by atoms with Gasteiger partial charge in [-0.05, 0) is 63.5 Å². The number of aromatic nitrogens is 3. The van der Waals surface area contributed by atoms with E-state index in [0.29, 0.717) is 12.3 Å². The number of amides is 1. The van der Waals surface area contributed by atoms with E-state index in [1.807, 2.05) is 17.6 Å². The highest BCUT2D eigenvalue weighted by Gasteiger charge is 2.15. The van der Waals surface area contributed by atoms with E-state index in [4.69, 9.17) is 0 Å². The third kappa shape index (κ3) is 6.67. The monoisotopic (exact) mass is 437 g/mol. The SMILES string of the molecule is Cc1ccc(C)c(-n2c(C)nnc2SCC(=O)NCCCN(C)Cc2ccccc2)c1. The van der Waals surface area contributed by atoms with E-state index in [1.54, 1.807) is 0 Å². The number of carbonyl (C=O) groups is 1. The van der Waals surface area contributed by atoms with Gasteiger partial charge in [0.2, 0.25) is 5.91 Å². The van der Waals surface area contributed by atoms with E-state index in [0.717, 1.165) is 41.7 Å². The summed E-state index contributed by atoms with van der Waals surface area (Å²) >= 11 is 1.42. The van der Waals surface area contributed by atoms with Crippen molar-refractivity contribution in [1.29, 1.82) is 0 Å². The van der Waals surface area contributed by atoms with Crippen molar-refractivity contribution in [1.82, 2.24) is 25.0 Å². The van der Waals surface area contributed by atoms with Crippen molar-refractivity contribution in [2.45, 2.75) is 38.9 Å². The van der Waals surface area contributed by atoms with Crippen LogP contribution in [0.5, 0.6) is 0 Å². The molecule has 1 heterocycles. The van der Waals surface area contributed by atoms with E-state index in [-0.39, 0.29) is 5.91 Å². The van der Waals surface area contributed by atoms with Crippen molar-refractivity contribution < 1.29 is 4.79 Å². The third-order valence-corrected chi connectivity index (χ3v) is 6.00. The first-order valence-electron chi connectivity index (χ1n) is 10.6. The van der Waals surface area contributed by atoms with E-state index >= 15 is 0 Å². The van der Waals surface area contributed by atoms with Crippen molar-refractivity contribution in [2.75, 3.05) is 25.9 Å².